The molecule has 2 aromatic heterocycles. The average Bonchev–Trinajstić information content (AvgIpc) is 3.37. The van der Waals surface area contributed by atoms with Crippen molar-refractivity contribution in [1.82, 2.24) is 4.90 Å². The summed E-state index contributed by atoms with van der Waals surface area (Å²) in [6, 6.07) is 7.05. The van der Waals surface area contributed by atoms with Gasteiger partial charge in [0.25, 0.3) is 5.91 Å². The average molecular weight is 387 g/mol. The number of furan rings is 1. The molecule has 1 aliphatic heterocycles. The molecule has 1 saturated heterocycles. The minimum absolute atomic E-state index is 0.0391. The van der Waals surface area contributed by atoms with Crippen LogP contribution in [0.5, 0.6) is 0 Å². The van der Waals surface area contributed by atoms with E-state index in [1.807, 2.05) is 6.07 Å². The number of hydrogen-bond acceptors (Lipinski definition) is 7. The molecule has 2 aromatic rings. The van der Waals surface area contributed by atoms with Gasteiger partial charge in [0.1, 0.15) is 16.8 Å². The molecular weight excluding hydrogens is 370 g/mol. The van der Waals surface area contributed by atoms with Crippen LogP contribution in [0, 0.1) is 17.2 Å². The first kappa shape index (κ1) is 18.7. The SMILES string of the molecule is C[C@@H](OC(=O)[C@@H]1CC(=O)N(Cc2ccco2)C1)C(=O)Nc1sccc1C#N. The van der Waals surface area contributed by atoms with Gasteiger partial charge in [-0.1, -0.05) is 0 Å². The molecule has 140 valence electrons. The summed E-state index contributed by atoms with van der Waals surface area (Å²) in [6.45, 7) is 1.96. The molecule has 0 aliphatic carbocycles. The summed E-state index contributed by atoms with van der Waals surface area (Å²) in [5.74, 6) is -1.28. The maximum Gasteiger partial charge on any atom is 0.312 e. The lowest BCUT2D eigenvalue weighted by Crippen LogP contribution is -2.33. The Kier molecular flexibility index (Phi) is 5.57. The van der Waals surface area contributed by atoms with Crippen LogP contribution in [0.1, 0.15) is 24.7 Å². The highest BCUT2D eigenvalue weighted by molar-refractivity contribution is 7.14. The van der Waals surface area contributed by atoms with Crippen LogP contribution in [0.2, 0.25) is 0 Å². The van der Waals surface area contributed by atoms with E-state index in [1.165, 1.54) is 29.4 Å². The van der Waals surface area contributed by atoms with Crippen molar-refractivity contribution in [1.29, 1.82) is 5.26 Å². The predicted molar refractivity (Wildman–Crippen MR) is 95.4 cm³/mol. The van der Waals surface area contributed by atoms with Crippen molar-refractivity contribution >= 4 is 34.1 Å². The Morgan fingerprint density at radius 1 is 1.52 bits per heavy atom. The van der Waals surface area contributed by atoms with E-state index >= 15 is 0 Å². The minimum atomic E-state index is -1.04. The smallest absolute Gasteiger partial charge is 0.312 e. The zero-order valence-corrected chi connectivity index (χ0v) is 15.3. The normalized spacial score (nSPS) is 17.4. The number of rotatable bonds is 6. The fourth-order valence-electron chi connectivity index (χ4n) is 2.71. The molecule has 0 saturated carbocycles. The van der Waals surface area contributed by atoms with Crippen molar-refractivity contribution in [2.45, 2.75) is 26.0 Å². The van der Waals surface area contributed by atoms with Crippen molar-refractivity contribution in [3.05, 3.63) is 41.2 Å². The molecule has 3 rings (SSSR count). The van der Waals surface area contributed by atoms with Gasteiger partial charge in [0.05, 0.1) is 24.3 Å². The highest BCUT2D eigenvalue weighted by Gasteiger charge is 2.37. The molecule has 8 nitrogen and oxygen atoms in total. The number of carbonyl (C=O) groups excluding carboxylic acids is 3. The summed E-state index contributed by atoms with van der Waals surface area (Å²) < 4.78 is 10.4. The number of esters is 1. The van der Waals surface area contributed by atoms with Crippen molar-refractivity contribution < 1.29 is 23.5 Å². The molecule has 0 radical (unpaired) electrons. The molecule has 2 amide bonds. The number of carbonyl (C=O) groups is 3. The third-order valence-electron chi connectivity index (χ3n) is 4.16. The van der Waals surface area contributed by atoms with Gasteiger partial charge in [-0.25, -0.2) is 0 Å². The van der Waals surface area contributed by atoms with E-state index in [4.69, 9.17) is 14.4 Å². The first-order valence-corrected chi connectivity index (χ1v) is 9.15. The highest BCUT2D eigenvalue weighted by atomic mass is 32.1. The first-order chi connectivity index (χ1) is 13.0. The standard InChI is InChI=1S/C18H17N3O5S/c1-11(16(23)20-17-12(8-19)4-6-27-17)26-18(24)13-7-15(22)21(9-13)10-14-3-2-5-25-14/h2-6,11,13H,7,9-10H2,1H3,(H,20,23)/t11-,13-/m1/s1. The second kappa shape index (κ2) is 8.05. The number of anilines is 1. The molecule has 1 N–H and O–H groups in total. The molecule has 0 aromatic carbocycles. The number of nitriles is 1. The first-order valence-electron chi connectivity index (χ1n) is 8.27. The van der Waals surface area contributed by atoms with Crippen LogP contribution in [0.4, 0.5) is 5.00 Å². The molecule has 2 atom stereocenters. The van der Waals surface area contributed by atoms with E-state index in [0.29, 0.717) is 22.9 Å². The molecule has 0 bridgehead atoms. The summed E-state index contributed by atoms with van der Waals surface area (Å²) in [5.41, 5.74) is 0.349. The molecule has 3 heterocycles. The maximum absolute atomic E-state index is 12.3. The minimum Gasteiger partial charge on any atom is -0.467 e. The van der Waals surface area contributed by atoms with Crippen LogP contribution < -0.4 is 5.32 Å². The van der Waals surface area contributed by atoms with Crippen LogP contribution in [0.15, 0.2) is 34.3 Å². The summed E-state index contributed by atoms with van der Waals surface area (Å²) in [6.07, 6.45) is 0.519. The number of likely N-dealkylation sites (tertiary alicyclic amines) is 1. The number of nitrogens with zero attached hydrogens (tertiary/aromatic N) is 2. The van der Waals surface area contributed by atoms with Crippen LogP contribution in [-0.4, -0.2) is 35.3 Å². The van der Waals surface area contributed by atoms with Crippen LogP contribution >= 0.6 is 11.3 Å². The number of amides is 2. The largest absolute Gasteiger partial charge is 0.467 e. The quantitative estimate of drug-likeness (QED) is 0.760. The number of nitrogens with one attached hydrogen (secondary N) is 1. The molecule has 1 fully saturated rings. The second-order valence-corrected chi connectivity index (χ2v) is 7.01. The zero-order chi connectivity index (χ0) is 19.4. The van der Waals surface area contributed by atoms with Crippen LogP contribution in [-0.2, 0) is 25.7 Å². The monoisotopic (exact) mass is 387 g/mol. The van der Waals surface area contributed by atoms with Gasteiger partial charge in [-0.2, -0.15) is 5.26 Å². The van der Waals surface area contributed by atoms with Gasteiger partial charge in [0.15, 0.2) is 6.10 Å². The molecular formula is C18H17N3O5S. The van der Waals surface area contributed by atoms with Crippen LogP contribution in [0.3, 0.4) is 0 Å². The Morgan fingerprint density at radius 2 is 2.33 bits per heavy atom. The number of thiophene rings is 1. The maximum atomic E-state index is 12.3. The fourth-order valence-corrected chi connectivity index (χ4v) is 3.45. The summed E-state index contributed by atoms with van der Waals surface area (Å²) in [7, 11) is 0. The van der Waals surface area contributed by atoms with Gasteiger partial charge < -0.3 is 19.4 Å². The topological polar surface area (TPSA) is 113 Å². The highest BCUT2D eigenvalue weighted by Crippen LogP contribution is 2.24. The van der Waals surface area contributed by atoms with Crippen molar-refractivity contribution in [3.8, 4) is 6.07 Å². The molecule has 27 heavy (non-hydrogen) atoms. The molecule has 0 unspecified atom stereocenters. The second-order valence-electron chi connectivity index (χ2n) is 6.10. The van der Waals surface area contributed by atoms with E-state index in [2.05, 4.69) is 5.32 Å². The number of ether oxygens (including phenoxy) is 1. The Bertz CT molecular complexity index is 883. The van der Waals surface area contributed by atoms with E-state index in [0.717, 1.165) is 0 Å². The molecule has 9 heteroatoms. The van der Waals surface area contributed by atoms with Crippen molar-refractivity contribution in [3.63, 3.8) is 0 Å². The van der Waals surface area contributed by atoms with Crippen LogP contribution in [0.25, 0.3) is 0 Å². The van der Waals surface area contributed by atoms with E-state index in [1.54, 1.807) is 23.6 Å². The van der Waals surface area contributed by atoms with E-state index < -0.39 is 23.9 Å². The Hall–Kier alpha value is -3.12. The van der Waals surface area contributed by atoms with Gasteiger partial charge in [-0.05, 0) is 30.5 Å². The van der Waals surface area contributed by atoms with E-state index in [-0.39, 0.29) is 18.9 Å². The summed E-state index contributed by atoms with van der Waals surface area (Å²) >= 11 is 1.21. The third kappa shape index (κ3) is 4.35. The van der Waals surface area contributed by atoms with Gasteiger partial charge >= 0.3 is 5.97 Å². The lowest BCUT2D eigenvalue weighted by molar-refractivity contribution is -0.157. The Labute approximate surface area is 159 Å². The number of hydrogen-bond donors (Lipinski definition) is 1. The molecule has 0 spiro atoms. The van der Waals surface area contributed by atoms with Gasteiger partial charge in [0, 0.05) is 13.0 Å². The van der Waals surface area contributed by atoms with Crippen molar-refractivity contribution in [2.75, 3.05) is 11.9 Å². The molecule has 1 aliphatic rings. The lowest BCUT2D eigenvalue weighted by Gasteiger charge is -2.17. The van der Waals surface area contributed by atoms with E-state index in [9.17, 15) is 14.4 Å². The van der Waals surface area contributed by atoms with Crippen molar-refractivity contribution in [2.24, 2.45) is 5.92 Å². The zero-order valence-electron chi connectivity index (χ0n) is 14.5. The lowest BCUT2D eigenvalue weighted by atomic mass is 10.1. The summed E-state index contributed by atoms with van der Waals surface area (Å²) in [5, 5.41) is 13.6. The van der Waals surface area contributed by atoms with Gasteiger partial charge in [0.2, 0.25) is 5.91 Å². The van der Waals surface area contributed by atoms with Gasteiger partial charge in [-0.15, -0.1) is 11.3 Å². The third-order valence-corrected chi connectivity index (χ3v) is 4.99. The van der Waals surface area contributed by atoms with Gasteiger partial charge in [-0.3, -0.25) is 14.4 Å². The Morgan fingerprint density at radius 3 is 3.04 bits per heavy atom. The fraction of sp³-hybridized carbons (Fsp3) is 0.333. The summed E-state index contributed by atoms with van der Waals surface area (Å²) in [4.78, 5) is 38.1. The predicted octanol–water partition coefficient (Wildman–Crippen LogP) is 2.13. The Balaban J connectivity index is 1.53.